The molecule has 1 aromatic rings. The number of nitrogens with zero attached hydrogens (tertiary/aromatic N) is 2. The number of rotatable bonds is 4. The van der Waals surface area contributed by atoms with Crippen LogP contribution in [0.3, 0.4) is 0 Å². The van der Waals surface area contributed by atoms with E-state index in [2.05, 4.69) is 4.90 Å². The summed E-state index contributed by atoms with van der Waals surface area (Å²) >= 11 is 0. The van der Waals surface area contributed by atoms with Crippen LogP contribution < -0.4 is 0 Å². The lowest BCUT2D eigenvalue weighted by Crippen LogP contribution is -2.57. The molecule has 2 unspecified atom stereocenters. The molecule has 2 saturated heterocycles. The molecule has 0 aromatic carbocycles. The molecule has 1 aliphatic carbocycles. The zero-order chi connectivity index (χ0) is 17.4. The maximum absolute atomic E-state index is 12.5. The van der Waals surface area contributed by atoms with Gasteiger partial charge in [0.2, 0.25) is 11.8 Å². The lowest BCUT2D eigenvalue weighted by atomic mass is 9.83. The van der Waals surface area contributed by atoms with Gasteiger partial charge in [-0.2, -0.15) is 0 Å². The minimum atomic E-state index is 0.0442. The first kappa shape index (κ1) is 16.4. The van der Waals surface area contributed by atoms with Gasteiger partial charge in [-0.15, -0.1) is 0 Å². The lowest BCUT2D eigenvalue weighted by Gasteiger charge is -2.47. The van der Waals surface area contributed by atoms with Crippen LogP contribution >= 0.6 is 0 Å². The topological polar surface area (TPSA) is 53.8 Å². The number of furan rings is 1. The quantitative estimate of drug-likeness (QED) is 0.791. The van der Waals surface area contributed by atoms with Crippen molar-refractivity contribution < 1.29 is 14.0 Å². The summed E-state index contributed by atoms with van der Waals surface area (Å²) in [6.07, 6.45) is 9.01. The molecular formula is C20H26N2O3. The van der Waals surface area contributed by atoms with Gasteiger partial charge in [0.1, 0.15) is 11.5 Å². The molecular weight excluding hydrogens is 316 g/mol. The lowest BCUT2D eigenvalue weighted by molar-refractivity contribution is -0.143. The Labute approximate surface area is 148 Å². The van der Waals surface area contributed by atoms with Crippen LogP contribution in [0.5, 0.6) is 0 Å². The van der Waals surface area contributed by atoms with E-state index in [4.69, 9.17) is 4.42 Å². The summed E-state index contributed by atoms with van der Waals surface area (Å²) in [5.41, 5.74) is 0. The van der Waals surface area contributed by atoms with E-state index in [0.29, 0.717) is 30.3 Å². The first-order valence-corrected chi connectivity index (χ1v) is 9.52. The summed E-state index contributed by atoms with van der Waals surface area (Å²) in [6.45, 7) is 3.55. The Bertz CT molecular complexity index is 689. The van der Waals surface area contributed by atoms with E-state index in [1.165, 1.54) is 0 Å². The fourth-order valence-electron chi connectivity index (χ4n) is 4.25. The second-order valence-electron chi connectivity index (χ2n) is 7.46. The molecule has 25 heavy (non-hydrogen) atoms. The minimum Gasteiger partial charge on any atom is -0.462 e. The van der Waals surface area contributed by atoms with Gasteiger partial charge in [-0.1, -0.05) is 6.92 Å². The summed E-state index contributed by atoms with van der Waals surface area (Å²) in [6, 6.07) is 4.67. The van der Waals surface area contributed by atoms with Crippen molar-refractivity contribution in [1.29, 1.82) is 0 Å². The molecule has 3 heterocycles. The van der Waals surface area contributed by atoms with Gasteiger partial charge in [-0.25, -0.2) is 0 Å². The molecule has 0 N–H and O–H groups in total. The maximum atomic E-state index is 12.5. The van der Waals surface area contributed by atoms with Gasteiger partial charge < -0.3 is 14.2 Å². The molecule has 0 radical (unpaired) electrons. The van der Waals surface area contributed by atoms with Crippen LogP contribution in [-0.4, -0.2) is 46.8 Å². The van der Waals surface area contributed by atoms with Crippen LogP contribution in [0.1, 0.15) is 50.5 Å². The van der Waals surface area contributed by atoms with Crippen molar-refractivity contribution in [2.45, 2.75) is 57.5 Å². The molecule has 134 valence electrons. The van der Waals surface area contributed by atoms with Gasteiger partial charge >= 0.3 is 0 Å². The number of likely N-dealkylation sites (tertiary alicyclic amines) is 2. The van der Waals surface area contributed by atoms with Crippen molar-refractivity contribution in [3.63, 3.8) is 0 Å². The number of hydrogen-bond donors (Lipinski definition) is 0. The van der Waals surface area contributed by atoms with Gasteiger partial charge in [0, 0.05) is 44.1 Å². The van der Waals surface area contributed by atoms with Crippen molar-refractivity contribution in [1.82, 2.24) is 9.80 Å². The molecule has 4 rings (SSSR count). The number of carbonyl (C=O) groups is 2. The van der Waals surface area contributed by atoms with Crippen molar-refractivity contribution in [3.8, 4) is 0 Å². The van der Waals surface area contributed by atoms with Crippen molar-refractivity contribution in [2.24, 2.45) is 5.92 Å². The number of carbonyl (C=O) groups excluding carboxylic acids is 2. The molecule has 2 aliphatic heterocycles. The number of piperidine rings is 2. The van der Waals surface area contributed by atoms with E-state index < -0.39 is 0 Å². The highest BCUT2D eigenvalue weighted by atomic mass is 16.3. The van der Waals surface area contributed by atoms with Gasteiger partial charge in [0.25, 0.3) is 0 Å². The second kappa shape index (κ2) is 6.70. The fourth-order valence-corrected chi connectivity index (χ4v) is 4.25. The summed E-state index contributed by atoms with van der Waals surface area (Å²) in [4.78, 5) is 28.9. The minimum absolute atomic E-state index is 0.0442. The Balaban J connectivity index is 1.38. The van der Waals surface area contributed by atoms with Gasteiger partial charge in [-0.05, 0) is 49.8 Å². The summed E-state index contributed by atoms with van der Waals surface area (Å²) in [7, 11) is 0. The Morgan fingerprint density at radius 2 is 2.12 bits per heavy atom. The van der Waals surface area contributed by atoms with Crippen LogP contribution in [0.4, 0.5) is 0 Å². The second-order valence-corrected chi connectivity index (χ2v) is 7.46. The SMILES string of the molecule is CCc1ccc(C=CC(=O)N2CCC3C(CCC(=O)N3C3CC3)C2)o1. The average molecular weight is 342 g/mol. The van der Waals surface area contributed by atoms with E-state index in [0.717, 1.165) is 56.7 Å². The van der Waals surface area contributed by atoms with Crippen molar-refractivity contribution >= 4 is 17.9 Å². The predicted octanol–water partition coefficient (Wildman–Crippen LogP) is 2.86. The van der Waals surface area contributed by atoms with Gasteiger partial charge in [0.05, 0.1) is 0 Å². The monoisotopic (exact) mass is 342 g/mol. The van der Waals surface area contributed by atoms with Gasteiger partial charge in [-0.3, -0.25) is 9.59 Å². The zero-order valence-corrected chi connectivity index (χ0v) is 14.8. The Morgan fingerprint density at radius 3 is 2.84 bits per heavy atom. The highest BCUT2D eigenvalue weighted by molar-refractivity contribution is 5.91. The number of hydrogen-bond acceptors (Lipinski definition) is 3. The van der Waals surface area contributed by atoms with Crippen LogP contribution in [0, 0.1) is 5.92 Å². The van der Waals surface area contributed by atoms with E-state index in [-0.39, 0.29) is 5.91 Å². The molecule has 2 amide bonds. The molecule has 3 aliphatic rings. The van der Waals surface area contributed by atoms with Crippen LogP contribution in [-0.2, 0) is 16.0 Å². The smallest absolute Gasteiger partial charge is 0.246 e. The van der Waals surface area contributed by atoms with Crippen LogP contribution in [0.15, 0.2) is 22.6 Å². The maximum Gasteiger partial charge on any atom is 0.246 e. The molecule has 0 bridgehead atoms. The van der Waals surface area contributed by atoms with Crippen LogP contribution in [0.2, 0.25) is 0 Å². The Kier molecular flexibility index (Phi) is 4.40. The first-order chi connectivity index (χ1) is 12.2. The number of amides is 2. The van der Waals surface area contributed by atoms with Crippen molar-refractivity contribution in [2.75, 3.05) is 13.1 Å². The zero-order valence-electron chi connectivity index (χ0n) is 14.8. The van der Waals surface area contributed by atoms with Gasteiger partial charge in [0.15, 0.2) is 0 Å². The van der Waals surface area contributed by atoms with E-state index >= 15 is 0 Å². The molecule has 2 atom stereocenters. The van der Waals surface area contributed by atoms with Crippen molar-refractivity contribution in [3.05, 3.63) is 29.7 Å². The van der Waals surface area contributed by atoms with E-state index in [9.17, 15) is 9.59 Å². The number of aryl methyl sites for hydroxylation is 1. The third kappa shape index (κ3) is 3.37. The largest absolute Gasteiger partial charge is 0.462 e. The van der Waals surface area contributed by atoms with E-state index in [1.807, 2.05) is 24.0 Å². The molecule has 1 saturated carbocycles. The third-order valence-electron chi connectivity index (χ3n) is 5.74. The molecule has 0 spiro atoms. The Morgan fingerprint density at radius 1 is 1.28 bits per heavy atom. The summed E-state index contributed by atoms with van der Waals surface area (Å²) in [5, 5.41) is 0. The fraction of sp³-hybridized carbons (Fsp3) is 0.600. The Hall–Kier alpha value is -2.04. The molecule has 1 aromatic heterocycles. The van der Waals surface area contributed by atoms with Crippen LogP contribution in [0.25, 0.3) is 6.08 Å². The predicted molar refractivity (Wildman–Crippen MR) is 94.7 cm³/mol. The first-order valence-electron chi connectivity index (χ1n) is 9.52. The molecule has 5 heteroatoms. The average Bonchev–Trinajstić information content (AvgIpc) is 3.36. The van der Waals surface area contributed by atoms with E-state index in [1.54, 1.807) is 12.2 Å². The standard InChI is InChI=1S/C20H26N2O3/c1-2-16-6-7-17(25-16)8-10-19(23)21-12-11-18-14(13-21)3-9-20(24)22(18)15-4-5-15/h6-8,10,14-15,18H,2-5,9,11-13H2,1H3. The summed E-state index contributed by atoms with van der Waals surface area (Å²) in [5.74, 6) is 2.46. The normalized spacial score (nSPS) is 27.0. The highest BCUT2D eigenvalue weighted by Gasteiger charge is 2.45. The molecule has 5 nitrogen and oxygen atoms in total. The molecule has 3 fully saturated rings. The number of fused-ring (bicyclic) bond motifs is 1. The highest BCUT2D eigenvalue weighted by Crippen LogP contribution is 2.39. The third-order valence-corrected chi connectivity index (χ3v) is 5.74. The summed E-state index contributed by atoms with van der Waals surface area (Å²) < 4.78 is 5.61.